The Morgan fingerprint density at radius 2 is 1.89 bits per heavy atom. The standard InChI is InChI=1S/C15H12N4/c1-19(15-7-3-6-14(10-17)18-15)11-13-5-2-4-12(8-13)9-16/h2-8H,11H2,1H3. The van der Waals surface area contributed by atoms with Crippen molar-refractivity contribution in [2.24, 2.45) is 0 Å². The molecule has 0 saturated carbocycles. The molecule has 19 heavy (non-hydrogen) atoms. The second kappa shape index (κ2) is 5.66. The van der Waals surface area contributed by atoms with Crippen LogP contribution in [0.4, 0.5) is 5.82 Å². The van der Waals surface area contributed by atoms with Crippen LogP contribution in [0.5, 0.6) is 0 Å². The molecule has 92 valence electrons. The lowest BCUT2D eigenvalue weighted by Gasteiger charge is -2.18. The summed E-state index contributed by atoms with van der Waals surface area (Å²) in [5, 5.41) is 17.7. The van der Waals surface area contributed by atoms with E-state index in [2.05, 4.69) is 11.1 Å². The van der Waals surface area contributed by atoms with Crippen molar-refractivity contribution in [1.82, 2.24) is 4.98 Å². The van der Waals surface area contributed by atoms with Gasteiger partial charge in [0.2, 0.25) is 0 Å². The Labute approximate surface area is 112 Å². The van der Waals surface area contributed by atoms with Crippen LogP contribution in [0.1, 0.15) is 16.8 Å². The van der Waals surface area contributed by atoms with Crippen LogP contribution in [0.2, 0.25) is 0 Å². The summed E-state index contributed by atoms with van der Waals surface area (Å²) in [6.07, 6.45) is 0. The Morgan fingerprint density at radius 3 is 2.63 bits per heavy atom. The lowest BCUT2D eigenvalue weighted by atomic mass is 10.1. The van der Waals surface area contributed by atoms with Gasteiger partial charge in [0.15, 0.2) is 0 Å². The second-order valence-corrected chi connectivity index (χ2v) is 4.16. The van der Waals surface area contributed by atoms with Gasteiger partial charge in [-0.1, -0.05) is 18.2 Å². The molecule has 0 spiro atoms. The van der Waals surface area contributed by atoms with E-state index in [0.29, 0.717) is 17.8 Å². The Balaban J connectivity index is 2.18. The van der Waals surface area contributed by atoms with Gasteiger partial charge in [-0.3, -0.25) is 0 Å². The molecule has 1 aromatic carbocycles. The fourth-order valence-electron chi connectivity index (χ4n) is 1.79. The van der Waals surface area contributed by atoms with Gasteiger partial charge in [-0.25, -0.2) is 4.98 Å². The molecule has 2 aromatic rings. The number of hydrogen-bond donors (Lipinski definition) is 0. The first-order valence-electron chi connectivity index (χ1n) is 5.80. The number of aromatic nitrogens is 1. The van der Waals surface area contributed by atoms with Crippen molar-refractivity contribution in [3.05, 3.63) is 59.3 Å². The van der Waals surface area contributed by atoms with Crippen molar-refractivity contribution in [3.63, 3.8) is 0 Å². The maximum atomic E-state index is 8.87. The van der Waals surface area contributed by atoms with E-state index >= 15 is 0 Å². The number of nitriles is 2. The molecule has 0 N–H and O–H groups in total. The van der Waals surface area contributed by atoms with Crippen molar-refractivity contribution in [2.75, 3.05) is 11.9 Å². The molecule has 4 nitrogen and oxygen atoms in total. The first-order chi connectivity index (χ1) is 9.22. The maximum absolute atomic E-state index is 8.87. The van der Waals surface area contributed by atoms with Crippen LogP contribution in [0.15, 0.2) is 42.5 Å². The van der Waals surface area contributed by atoms with E-state index < -0.39 is 0 Å². The predicted molar refractivity (Wildman–Crippen MR) is 72.2 cm³/mol. The minimum absolute atomic E-state index is 0.398. The number of anilines is 1. The lowest BCUT2D eigenvalue weighted by Crippen LogP contribution is -2.17. The molecule has 0 atom stereocenters. The average molecular weight is 248 g/mol. The Morgan fingerprint density at radius 1 is 1.11 bits per heavy atom. The SMILES string of the molecule is CN(Cc1cccc(C#N)c1)c1cccc(C#N)n1. The molecule has 0 aliphatic heterocycles. The van der Waals surface area contributed by atoms with Crippen LogP contribution in [0, 0.1) is 22.7 Å². The normalized spacial score (nSPS) is 9.42. The van der Waals surface area contributed by atoms with Crippen LogP contribution in [0.3, 0.4) is 0 Å². The monoisotopic (exact) mass is 248 g/mol. The average Bonchev–Trinajstić information content (AvgIpc) is 2.47. The van der Waals surface area contributed by atoms with E-state index in [9.17, 15) is 0 Å². The second-order valence-electron chi connectivity index (χ2n) is 4.16. The van der Waals surface area contributed by atoms with Crippen LogP contribution < -0.4 is 4.90 Å². The fourth-order valence-corrected chi connectivity index (χ4v) is 1.79. The molecular formula is C15H12N4. The van der Waals surface area contributed by atoms with Gasteiger partial charge in [0.1, 0.15) is 17.6 Å². The number of rotatable bonds is 3. The van der Waals surface area contributed by atoms with Gasteiger partial charge >= 0.3 is 0 Å². The van der Waals surface area contributed by atoms with Gasteiger partial charge in [0.25, 0.3) is 0 Å². The molecule has 2 rings (SSSR count). The van der Waals surface area contributed by atoms with Gasteiger partial charge < -0.3 is 4.90 Å². The third kappa shape index (κ3) is 3.08. The minimum atomic E-state index is 0.398. The molecule has 0 aliphatic rings. The van der Waals surface area contributed by atoms with Gasteiger partial charge in [-0.05, 0) is 29.8 Å². The van der Waals surface area contributed by atoms with Crippen molar-refractivity contribution >= 4 is 5.82 Å². The highest BCUT2D eigenvalue weighted by molar-refractivity contribution is 5.42. The van der Waals surface area contributed by atoms with Crippen LogP contribution in [0.25, 0.3) is 0 Å². The van der Waals surface area contributed by atoms with Gasteiger partial charge in [-0.2, -0.15) is 10.5 Å². The summed E-state index contributed by atoms with van der Waals surface area (Å²) in [7, 11) is 1.91. The zero-order valence-corrected chi connectivity index (χ0v) is 10.5. The number of pyridine rings is 1. The van der Waals surface area contributed by atoms with E-state index in [-0.39, 0.29) is 0 Å². The first-order valence-corrected chi connectivity index (χ1v) is 5.80. The summed E-state index contributed by atoms with van der Waals surface area (Å²) in [6.45, 7) is 0.636. The molecule has 0 amide bonds. The topological polar surface area (TPSA) is 63.7 Å². The summed E-state index contributed by atoms with van der Waals surface area (Å²) >= 11 is 0. The smallest absolute Gasteiger partial charge is 0.142 e. The van der Waals surface area contributed by atoms with Crippen molar-refractivity contribution < 1.29 is 0 Å². The molecule has 0 saturated heterocycles. The van der Waals surface area contributed by atoms with Crippen LogP contribution >= 0.6 is 0 Å². The van der Waals surface area contributed by atoms with Crippen LogP contribution in [-0.2, 0) is 6.54 Å². The third-order valence-corrected chi connectivity index (χ3v) is 2.72. The molecular weight excluding hydrogens is 236 g/mol. The summed E-state index contributed by atoms with van der Waals surface area (Å²) < 4.78 is 0. The van der Waals surface area contributed by atoms with Crippen molar-refractivity contribution in [1.29, 1.82) is 10.5 Å². The van der Waals surface area contributed by atoms with E-state index in [1.54, 1.807) is 12.1 Å². The Hall–Kier alpha value is -2.85. The van der Waals surface area contributed by atoms with Crippen molar-refractivity contribution in [3.8, 4) is 12.1 Å². The highest BCUT2D eigenvalue weighted by Gasteiger charge is 2.05. The highest BCUT2D eigenvalue weighted by atomic mass is 15.2. The number of hydrogen-bond acceptors (Lipinski definition) is 4. The van der Waals surface area contributed by atoms with Crippen molar-refractivity contribution in [2.45, 2.75) is 6.54 Å². The summed E-state index contributed by atoms with van der Waals surface area (Å²) in [5.74, 6) is 0.737. The van der Waals surface area contributed by atoms with E-state index in [1.165, 1.54) is 0 Å². The van der Waals surface area contributed by atoms with Gasteiger partial charge in [-0.15, -0.1) is 0 Å². The maximum Gasteiger partial charge on any atom is 0.142 e. The number of nitrogens with zero attached hydrogens (tertiary/aromatic N) is 4. The Bertz CT molecular complexity index is 664. The lowest BCUT2D eigenvalue weighted by molar-refractivity contribution is 0.895. The zero-order valence-electron chi connectivity index (χ0n) is 10.5. The predicted octanol–water partition coefficient (Wildman–Crippen LogP) is 2.46. The van der Waals surface area contributed by atoms with E-state index in [0.717, 1.165) is 11.4 Å². The quantitative estimate of drug-likeness (QED) is 0.837. The minimum Gasteiger partial charge on any atom is -0.355 e. The summed E-state index contributed by atoms with van der Waals surface area (Å²) in [5.41, 5.74) is 2.07. The van der Waals surface area contributed by atoms with E-state index in [1.807, 2.05) is 48.3 Å². The molecule has 0 aliphatic carbocycles. The number of benzene rings is 1. The molecule has 0 fully saturated rings. The van der Waals surface area contributed by atoms with Gasteiger partial charge in [0, 0.05) is 13.6 Å². The van der Waals surface area contributed by atoms with Gasteiger partial charge in [0.05, 0.1) is 11.6 Å². The molecule has 0 unspecified atom stereocenters. The molecule has 0 bridgehead atoms. The largest absolute Gasteiger partial charge is 0.355 e. The molecule has 1 aromatic heterocycles. The third-order valence-electron chi connectivity index (χ3n) is 2.72. The van der Waals surface area contributed by atoms with Crippen LogP contribution in [-0.4, -0.2) is 12.0 Å². The zero-order chi connectivity index (χ0) is 13.7. The molecule has 4 heteroatoms. The highest BCUT2D eigenvalue weighted by Crippen LogP contribution is 2.14. The molecule has 1 heterocycles. The fraction of sp³-hybridized carbons (Fsp3) is 0.133. The van der Waals surface area contributed by atoms with E-state index in [4.69, 9.17) is 10.5 Å². The summed E-state index contributed by atoms with van der Waals surface area (Å²) in [4.78, 5) is 6.17. The molecule has 0 radical (unpaired) electrons. The Kier molecular flexibility index (Phi) is 3.75. The first kappa shape index (κ1) is 12.6. The summed E-state index contributed by atoms with van der Waals surface area (Å²) in [6, 6.07) is 16.9.